The predicted octanol–water partition coefficient (Wildman–Crippen LogP) is 3.70. The largest absolute Gasteiger partial charge is 0.249 e. The molecule has 2 heteroatoms. The fraction of sp³-hybridized carbons (Fsp3) is 0.467. The molecule has 0 aliphatic heterocycles. The molecular formula is C15H20N2. The number of aromatic nitrogens is 2. The normalized spacial score (nSPS) is 11.4. The summed E-state index contributed by atoms with van der Waals surface area (Å²) >= 11 is 0. The highest BCUT2D eigenvalue weighted by molar-refractivity contribution is 5.75. The maximum Gasteiger partial charge on any atom is 0.0893 e. The van der Waals surface area contributed by atoms with Gasteiger partial charge in [-0.15, -0.1) is 0 Å². The van der Waals surface area contributed by atoms with E-state index in [0.717, 1.165) is 29.6 Å². The van der Waals surface area contributed by atoms with Crippen LogP contribution in [0, 0.1) is 12.8 Å². The van der Waals surface area contributed by atoms with Crippen LogP contribution in [0.2, 0.25) is 0 Å². The van der Waals surface area contributed by atoms with E-state index in [2.05, 4.69) is 45.9 Å². The van der Waals surface area contributed by atoms with Crippen molar-refractivity contribution in [1.29, 1.82) is 0 Å². The highest BCUT2D eigenvalue weighted by Gasteiger charge is 2.09. The van der Waals surface area contributed by atoms with E-state index in [-0.39, 0.29) is 0 Å². The van der Waals surface area contributed by atoms with Crippen molar-refractivity contribution in [2.24, 2.45) is 5.92 Å². The van der Waals surface area contributed by atoms with Crippen LogP contribution in [0.5, 0.6) is 0 Å². The zero-order valence-electron chi connectivity index (χ0n) is 11.1. The van der Waals surface area contributed by atoms with E-state index in [1.807, 2.05) is 0 Å². The molecule has 0 fully saturated rings. The molecule has 0 amide bonds. The van der Waals surface area contributed by atoms with Crippen LogP contribution in [0.25, 0.3) is 11.0 Å². The molecule has 2 nitrogen and oxygen atoms in total. The van der Waals surface area contributed by atoms with Crippen LogP contribution >= 0.6 is 0 Å². The Hall–Kier alpha value is -1.44. The van der Waals surface area contributed by atoms with E-state index >= 15 is 0 Å². The average Bonchev–Trinajstić information content (AvgIpc) is 2.28. The number of fused-ring (bicyclic) bond motifs is 1. The van der Waals surface area contributed by atoms with Crippen molar-refractivity contribution in [3.8, 4) is 0 Å². The Morgan fingerprint density at radius 3 is 2.41 bits per heavy atom. The standard InChI is InChI=1S/C15H20N2/c1-5-12-14(8-10(2)3)17-13-7-6-11(4)9-15(13)16-12/h6-7,9-10H,5,8H2,1-4H3. The van der Waals surface area contributed by atoms with Crippen molar-refractivity contribution in [1.82, 2.24) is 9.97 Å². The lowest BCUT2D eigenvalue weighted by Crippen LogP contribution is -2.05. The van der Waals surface area contributed by atoms with E-state index in [1.54, 1.807) is 0 Å². The second-order valence-corrected chi connectivity index (χ2v) is 5.06. The molecule has 0 N–H and O–H groups in total. The van der Waals surface area contributed by atoms with Gasteiger partial charge in [0.1, 0.15) is 0 Å². The zero-order valence-corrected chi connectivity index (χ0v) is 11.1. The number of nitrogens with zero attached hydrogens (tertiary/aromatic N) is 2. The van der Waals surface area contributed by atoms with Gasteiger partial charge in [0.25, 0.3) is 0 Å². The summed E-state index contributed by atoms with van der Waals surface area (Å²) in [5, 5.41) is 0. The number of hydrogen-bond donors (Lipinski definition) is 0. The number of rotatable bonds is 3. The van der Waals surface area contributed by atoms with Gasteiger partial charge in [-0.25, -0.2) is 9.97 Å². The molecule has 1 aromatic heterocycles. The maximum atomic E-state index is 4.76. The fourth-order valence-electron chi connectivity index (χ4n) is 2.07. The SMILES string of the molecule is CCc1nc2cc(C)ccc2nc1CC(C)C. The van der Waals surface area contributed by atoms with E-state index in [0.29, 0.717) is 5.92 Å². The minimum atomic E-state index is 0.623. The topological polar surface area (TPSA) is 25.8 Å². The van der Waals surface area contributed by atoms with Gasteiger partial charge < -0.3 is 0 Å². The summed E-state index contributed by atoms with van der Waals surface area (Å²) < 4.78 is 0. The lowest BCUT2D eigenvalue weighted by molar-refractivity contribution is 0.629. The molecule has 0 atom stereocenters. The zero-order chi connectivity index (χ0) is 12.4. The van der Waals surface area contributed by atoms with Crippen molar-refractivity contribution >= 4 is 11.0 Å². The van der Waals surface area contributed by atoms with Gasteiger partial charge in [-0.2, -0.15) is 0 Å². The monoisotopic (exact) mass is 228 g/mol. The second-order valence-electron chi connectivity index (χ2n) is 5.06. The first kappa shape index (κ1) is 12.0. The second kappa shape index (κ2) is 4.82. The third kappa shape index (κ3) is 2.63. The molecule has 0 saturated heterocycles. The summed E-state index contributed by atoms with van der Waals surface area (Å²) in [6.45, 7) is 8.69. The molecule has 17 heavy (non-hydrogen) atoms. The van der Waals surface area contributed by atoms with Crippen molar-refractivity contribution in [2.75, 3.05) is 0 Å². The van der Waals surface area contributed by atoms with Crippen LogP contribution in [-0.2, 0) is 12.8 Å². The van der Waals surface area contributed by atoms with Gasteiger partial charge in [-0.05, 0) is 43.4 Å². The Morgan fingerprint density at radius 1 is 1.06 bits per heavy atom. The van der Waals surface area contributed by atoms with Gasteiger partial charge >= 0.3 is 0 Å². The van der Waals surface area contributed by atoms with Crippen LogP contribution < -0.4 is 0 Å². The van der Waals surface area contributed by atoms with E-state index in [9.17, 15) is 0 Å². The van der Waals surface area contributed by atoms with Crippen LogP contribution in [0.15, 0.2) is 18.2 Å². The molecule has 90 valence electrons. The first-order valence-electron chi connectivity index (χ1n) is 6.36. The number of aryl methyl sites for hydroxylation is 2. The Bertz CT molecular complexity index is 530. The lowest BCUT2D eigenvalue weighted by atomic mass is 10.0. The molecule has 1 aromatic carbocycles. The minimum Gasteiger partial charge on any atom is -0.249 e. The Kier molecular flexibility index (Phi) is 3.41. The smallest absolute Gasteiger partial charge is 0.0893 e. The molecule has 0 saturated carbocycles. The van der Waals surface area contributed by atoms with Crippen molar-refractivity contribution < 1.29 is 0 Å². The molecule has 0 unspecified atom stereocenters. The van der Waals surface area contributed by atoms with Crippen LogP contribution in [0.1, 0.15) is 37.7 Å². The number of benzene rings is 1. The molecule has 1 heterocycles. The molecule has 0 bridgehead atoms. The lowest BCUT2D eigenvalue weighted by Gasteiger charge is -2.10. The Balaban J connectivity index is 2.56. The molecule has 0 spiro atoms. The first-order chi connectivity index (χ1) is 8.10. The first-order valence-corrected chi connectivity index (χ1v) is 6.36. The van der Waals surface area contributed by atoms with Crippen LogP contribution in [0.3, 0.4) is 0 Å². The summed E-state index contributed by atoms with van der Waals surface area (Å²) in [6.07, 6.45) is 1.97. The summed E-state index contributed by atoms with van der Waals surface area (Å²) in [4.78, 5) is 9.51. The average molecular weight is 228 g/mol. The van der Waals surface area contributed by atoms with E-state index in [4.69, 9.17) is 9.97 Å². The molecular weight excluding hydrogens is 208 g/mol. The van der Waals surface area contributed by atoms with Gasteiger partial charge in [-0.1, -0.05) is 26.8 Å². The van der Waals surface area contributed by atoms with Crippen LogP contribution in [-0.4, -0.2) is 9.97 Å². The van der Waals surface area contributed by atoms with Gasteiger partial charge in [0.15, 0.2) is 0 Å². The third-order valence-corrected chi connectivity index (χ3v) is 2.91. The summed E-state index contributed by atoms with van der Waals surface area (Å²) in [5.74, 6) is 0.623. The predicted molar refractivity (Wildman–Crippen MR) is 72.2 cm³/mol. The summed E-state index contributed by atoms with van der Waals surface area (Å²) in [7, 11) is 0. The Labute approximate surface area is 103 Å². The van der Waals surface area contributed by atoms with Crippen molar-refractivity contribution in [3.05, 3.63) is 35.2 Å². The summed E-state index contributed by atoms with van der Waals surface area (Å²) in [5.41, 5.74) is 5.60. The maximum absolute atomic E-state index is 4.76. The van der Waals surface area contributed by atoms with Crippen molar-refractivity contribution in [3.63, 3.8) is 0 Å². The van der Waals surface area contributed by atoms with Gasteiger partial charge in [0.05, 0.1) is 22.4 Å². The van der Waals surface area contributed by atoms with Gasteiger partial charge in [0.2, 0.25) is 0 Å². The third-order valence-electron chi connectivity index (χ3n) is 2.91. The number of hydrogen-bond acceptors (Lipinski definition) is 2. The molecule has 2 aromatic rings. The van der Waals surface area contributed by atoms with Crippen LogP contribution in [0.4, 0.5) is 0 Å². The van der Waals surface area contributed by atoms with E-state index < -0.39 is 0 Å². The fourth-order valence-corrected chi connectivity index (χ4v) is 2.07. The molecule has 0 radical (unpaired) electrons. The van der Waals surface area contributed by atoms with Gasteiger partial charge in [0, 0.05) is 0 Å². The highest BCUT2D eigenvalue weighted by atomic mass is 14.8. The molecule has 2 rings (SSSR count). The summed E-state index contributed by atoms with van der Waals surface area (Å²) in [6, 6.07) is 6.28. The van der Waals surface area contributed by atoms with E-state index in [1.165, 1.54) is 11.3 Å². The van der Waals surface area contributed by atoms with Crippen molar-refractivity contribution in [2.45, 2.75) is 40.5 Å². The van der Waals surface area contributed by atoms with Gasteiger partial charge in [-0.3, -0.25) is 0 Å². The quantitative estimate of drug-likeness (QED) is 0.800. The highest BCUT2D eigenvalue weighted by Crippen LogP contribution is 2.17. The minimum absolute atomic E-state index is 0.623. The molecule has 0 aliphatic rings. The Morgan fingerprint density at radius 2 is 1.76 bits per heavy atom. The molecule has 0 aliphatic carbocycles.